The highest BCUT2D eigenvalue weighted by Gasteiger charge is 2.50. The largest absolute Gasteiger partial charge is 0.548 e. The molecule has 2 aliphatic heterocycles. The molecule has 2 saturated heterocycles. The van der Waals surface area contributed by atoms with Gasteiger partial charge in [0.1, 0.15) is 6.04 Å². The van der Waals surface area contributed by atoms with E-state index in [1.165, 1.54) is 16.9 Å². The predicted molar refractivity (Wildman–Crippen MR) is 98.4 cm³/mol. The maximum atomic E-state index is 14.0. The Bertz CT molecular complexity index is 676. The number of esters is 1. The van der Waals surface area contributed by atoms with Crippen LogP contribution in [0, 0.1) is 17.8 Å². The summed E-state index contributed by atoms with van der Waals surface area (Å²) in [5, 5.41) is 11.6. The van der Waals surface area contributed by atoms with Crippen molar-refractivity contribution in [3.05, 3.63) is 0 Å². The number of alkyl halides is 2. The number of rotatable bonds is 5. The van der Waals surface area contributed by atoms with Crippen molar-refractivity contribution in [2.75, 3.05) is 33.4 Å². The normalized spacial score (nSPS) is 33.6. The fraction of sp³-hybridized carbons (Fsp3) is 0.850. The Balaban J connectivity index is 1.65. The number of likely N-dealkylation sites (tertiary alicyclic amines) is 2. The highest BCUT2D eigenvalue weighted by Crippen LogP contribution is 2.42. The van der Waals surface area contributed by atoms with Crippen molar-refractivity contribution in [1.82, 2.24) is 9.80 Å². The summed E-state index contributed by atoms with van der Waals surface area (Å²) in [5.74, 6) is -4.60. The molecule has 1 saturated carbocycles. The van der Waals surface area contributed by atoms with E-state index in [4.69, 9.17) is 9.47 Å². The van der Waals surface area contributed by atoms with E-state index >= 15 is 0 Å². The van der Waals surface area contributed by atoms with Gasteiger partial charge in [0, 0.05) is 19.5 Å². The van der Waals surface area contributed by atoms with Gasteiger partial charge in [0.2, 0.25) is 0 Å². The van der Waals surface area contributed by atoms with Crippen LogP contribution in [0.15, 0.2) is 0 Å². The lowest BCUT2D eigenvalue weighted by molar-refractivity contribution is -0.313. The minimum atomic E-state index is -2.93. The first kappa shape index (κ1) is 22.7. The zero-order valence-corrected chi connectivity index (χ0v) is 17.4. The van der Waals surface area contributed by atoms with Crippen LogP contribution in [0.3, 0.4) is 0 Å². The molecule has 4 unspecified atom stereocenters. The van der Waals surface area contributed by atoms with Crippen molar-refractivity contribution >= 4 is 18.0 Å². The van der Waals surface area contributed by atoms with Crippen LogP contribution in [-0.2, 0) is 19.1 Å². The van der Waals surface area contributed by atoms with Crippen molar-refractivity contribution in [2.24, 2.45) is 17.8 Å². The van der Waals surface area contributed by atoms with E-state index in [2.05, 4.69) is 0 Å². The second kappa shape index (κ2) is 9.03. The third kappa shape index (κ3) is 4.84. The number of carbonyl (C=O) groups excluding carboxylic acids is 3. The van der Waals surface area contributed by atoms with Crippen LogP contribution in [0.5, 0.6) is 0 Å². The van der Waals surface area contributed by atoms with Gasteiger partial charge in [0.05, 0.1) is 32.3 Å². The zero-order valence-electron chi connectivity index (χ0n) is 17.4. The lowest BCUT2D eigenvalue weighted by atomic mass is 9.69. The minimum absolute atomic E-state index is 0.0525. The first-order valence-electron chi connectivity index (χ1n) is 10.5. The number of ether oxygens (including phenoxy) is 2. The van der Waals surface area contributed by atoms with E-state index in [0.717, 1.165) is 12.8 Å². The average Bonchev–Trinajstić information content (AvgIpc) is 3.00. The lowest BCUT2D eigenvalue weighted by Crippen LogP contribution is -2.58. The molecular formula is C20H29F2N2O6-. The van der Waals surface area contributed by atoms with Gasteiger partial charge in [-0.05, 0) is 50.4 Å². The lowest BCUT2D eigenvalue weighted by Gasteiger charge is -2.47. The molecule has 0 aromatic carbocycles. The monoisotopic (exact) mass is 431 g/mol. The summed E-state index contributed by atoms with van der Waals surface area (Å²) in [6.07, 6.45) is 1.24. The molecule has 0 bridgehead atoms. The quantitative estimate of drug-likeness (QED) is 0.596. The number of hydrogen-bond acceptors (Lipinski definition) is 7. The molecule has 0 radical (unpaired) electrons. The second-order valence-corrected chi connectivity index (χ2v) is 8.65. The molecule has 0 N–H and O–H groups in total. The summed E-state index contributed by atoms with van der Waals surface area (Å²) in [7, 11) is 1.21. The van der Waals surface area contributed by atoms with Crippen molar-refractivity contribution in [1.29, 1.82) is 0 Å². The van der Waals surface area contributed by atoms with Crippen molar-refractivity contribution < 1.29 is 37.7 Å². The molecule has 2 heterocycles. The minimum Gasteiger partial charge on any atom is -0.548 e. The third-order valence-electron chi connectivity index (χ3n) is 6.68. The number of carboxylic acid groups (broad SMARTS) is 1. The Morgan fingerprint density at radius 1 is 1.13 bits per heavy atom. The Morgan fingerprint density at radius 3 is 2.50 bits per heavy atom. The Kier molecular flexibility index (Phi) is 6.84. The Hall–Kier alpha value is -1.97. The molecule has 10 heteroatoms. The summed E-state index contributed by atoms with van der Waals surface area (Å²) in [4.78, 5) is 38.4. The van der Waals surface area contributed by atoms with Gasteiger partial charge in [-0.25, -0.2) is 13.6 Å². The van der Waals surface area contributed by atoms with E-state index in [-0.39, 0.29) is 37.3 Å². The molecule has 3 aliphatic rings. The molecular weight excluding hydrogens is 402 g/mol. The molecule has 8 nitrogen and oxygen atoms in total. The maximum absolute atomic E-state index is 14.0. The number of halogens is 2. The highest BCUT2D eigenvalue weighted by atomic mass is 19.3. The molecule has 0 aromatic heterocycles. The van der Waals surface area contributed by atoms with Crippen LogP contribution in [0.4, 0.5) is 13.6 Å². The highest BCUT2D eigenvalue weighted by molar-refractivity contribution is 5.79. The molecule has 0 aromatic rings. The number of carboxylic acids is 1. The van der Waals surface area contributed by atoms with Crippen LogP contribution in [-0.4, -0.2) is 79.2 Å². The van der Waals surface area contributed by atoms with Gasteiger partial charge in [-0.3, -0.25) is 14.6 Å². The van der Waals surface area contributed by atoms with Gasteiger partial charge >= 0.3 is 12.1 Å². The number of carbonyl (C=O) groups is 3. The molecule has 30 heavy (non-hydrogen) atoms. The number of fused-ring (bicyclic) bond motifs is 1. The first-order valence-corrected chi connectivity index (χ1v) is 10.5. The topological polar surface area (TPSA) is 99.2 Å². The van der Waals surface area contributed by atoms with Gasteiger partial charge in [-0.2, -0.15) is 0 Å². The van der Waals surface area contributed by atoms with Crippen LogP contribution in [0.2, 0.25) is 0 Å². The number of amides is 1. The number of hydrogen-bond donors (Lipinski definition) is 0. The van der Waals surface area contributed by atoms with Crippen molar-refractivity contribution in [2.45, 2.75) is 57.0 Å². The van der Waals surface area contributed by atoms with E-state index in [1.807, 2.05) is 0 Å². The van der Waals surface area contributed by atoms with Crippen molar-refractivity contribution in [3.63, 3.8) is 0 Å². The molecule has 3 rings (SSSR count). The fourth-order valence-corrected chi connectivity index (χ4v) is 5.33. The fourth-order valence-electron chi connectivity index (χ4n) is 5.33. The van der Waals surface area contributed by atoms with Gasteiger partial charge in [0.15, 0.2) is 0 Å². The summed E-state index contributed by atoms with van der Waals surface area (Å²) >= 11 is 0. The summed E-state index contributed by atoms with van der Waals surface area (Å²) < 4.78 is 37.7. The van der Waals surface area contributed by atoms with Crippen LogP contribution < -0.4 is 5.11 Å². The third-order valence-corrected chi connectivity index (χ3v) is 6.68. The number of piperidine rings is 1. The number of methoxy groups -OCH3 is 1. The van der Waals surface area contributed by atoms with E-state index in [1.54, 1.807) is 6.92 Å². The molecule has 0 spiro atoms. The smallest absolute Gasteiger partial charge is 0.410 e. The van der Waals surface area contributed by atoms with Gasteiger partial charge in [-0.1, -0.05) is 0 Å². The van der Waals surface area contributed by atoms with Gasteiger partial charge in [-0.15, -0.1) is 0 Å². The van der Waals surface area contributed by atoms with Gasteiger partial charge < -0.3 is 19.4 Å². The molecule has 1 amide bonds. The number of nitrogens with zero attached hydrogens (tertiary/aromatic N) is 2. The van der Waals surface area contributed by atoms with E-state index < -0.39 is 49.0 Å². The van der Waals surface area contributed by atoms with Crippen LogP contribution in [0.1, 0.15) is 39.0 Å². The van der Waals surface area contributed by atoms with E-state index in [0.29, 0.717) is 13.0 Å². The SMILES string of the molecule is CCOC(=O)[C@@H]1CC(F)(F)CN1CC1CCC2CN(C(=O)OC)C(C(=O)[O-])CC2C1. The van der Waals surface area contributed by atoms with Crippen molar-refractivity contribution in [3.8, 4) is 0 Å². The summed E-state index contributed by atoms with van der Waals surface area (Å²) in [6.45, 7) is 1.95. The molecule has 170 valence electrons. The average molecular weight is 431 g/mol. The van der Waals surface area contributed by atoms with Crippen LogP contribution in [0.25, 0.3) is 0 Å². The first-order chi connectivity index (χ1) is 14.1. The second-order valence-electron chi connectivity index (χ2n) is 8.65. The summed E-state index contributed by atoms with van der Waals surface area (Å²) in [5.41, 5.74) is 0. The standard InChI is InChI=1S/C20H30F2N2O6/c1-3-30-18(27)16-8-20(21,22)11-23(16)9-12-4-5-13-10-24(19(28)29-2)15(17(25)26)7-14(13)6-12/h12-16H,3-11H2,1-2H3,(H,25,26)/p-1/t12?,13?,14?,15?,16-/m0/s1. The van der Waals surface area contributed by atoms with Gasteiger partial charge in [0.25, 0.3) is 5.92 Å². The predicted octanol–water partition coefficient (Wildman–Crippen LogP) is 0.882. The summed E-state index contributed by atoms with van der Waals surface area (Å²) in [6, 6.07) is -2.00. The van der Waals surface area contributed by atoms with Crippen LogP contribution >= 0.6 is 0 Å². The van der Waals surface area contributed by atoms with E-state index in [9.17, 15) is 28.3 Å². The Morgan fingerprint density at radius 2 is 1.87 bits per heavy atom. The molecule has 1 aliphatic carbocycles. The zero-order chi connectivity index (χ0) is 22.1. The molecule has 3 fully saturated rings. The Labute approximate surface area is 174 Å². The molecule has 5 atom stereocenters. The number of aliphatic carboxylic acids is 1. The maximum Gasteiger partial charge on any atom is 0.410 e.